The predicted molar refractivity (Wildman–Crippen MR) is 58.5 cm³/mol. The molecule has 2 heteroatoms. The van der Waals surface area contributed by atoms with Crippen molar-refractivity contribution in [3.63, 3.8) is 0 Å². The fourth-order valence-electron chi connectivity index (χ4n) is 3.69. The Kier molecular flexibility index (Phi) is 1.36. The van der Waals surface area contributed by atoms with Crippen LogP contribution in [0.5, 0.6) is 0 Å². The molecular weight excluding hydrogens is 190 g/mol. The summed E-state index contributed by atoms with van der Waals surface area (Å²) in [5, 5.41) is 6.13. The van der Waals surface area contributed by atoms with E-state index in [1.807, 2.05) is 11.3 Å². The molecule has 4 rings (SSSR count). The van der Waals surface area contributed by atoms with E-state index >= 15 is 0 Å². The molecule has 3 aliphatic rings. The average Bonchev–Trinajstić information content (AvgIpc) is 2.69. The van der Waals surface area contributed by atoms with E-state index in [4.69, 9.17) is 0 Å². The fraction of sp³-hybridized carbons (Fsp3) is 0.667. The Hall–Kier alpha value is -0.340. The molecule has 3 unspecified atom stereocenters. The maximum Gasteiger partial charge on any atom is 0.0562 e. The van der Waals surface area contributed by atoms with Crippen LogP contribution in [-0.2, 0) is 12.0 Å². The van der Waals surface area contributed by atoms with Gasteiger partial charge in [-0.3, -0.25) is 0 Å². The lowest BCUT2D eigenvalue weighted by Crippen LogP contribution is -2.46. The third-order valence-corrected chi connectivity index (χ3v) is 5.59. The third kappa shape index (κ3) is 0.801. The lowest BCUT2D eigenvalue weighted by molar-refractivity contribution is 0.290. The minimum Gasteiger partial charge on any atom is -0.306 e. The molecule has 1 aromatic rings. The number of nitrogens with one attached hydrogen (secondary N) is 1. The Morgan fingerprint density at radius 2 is 2.50 bits per heavy atom. The second-order valence-corrected chi connectivity index (χ2v) is 5.98. The molecule has 0 bridgehead atoms. The van der Waals surface area contributed by atoms with Crippen molar-refractivity contribution in [1.82, 2.24) is 5.32 Å². The molecule has 74 valence electrons. The van der Waals surface area contributed by atoms with Crippen molar-refractivity contribution in [3.8, 4) is 0 Å². The van der Waals surface area contributed by atoms with Crippen molar-refractivity contribution in [2.24, 2.45) is 11.8 Å². The van der Waals surface area contributed by atoms with E-state index in [2.05, 4.69) is 16.8 Å². The molecule has 2 fully saturated rings. The van der Waals surface area contributed by atoms with E-state index < -0.39 is 0 Å². The van der Waals surface area contributed by atoms with Crippen LogP contribution < -0.4 is 5.32 Å². The normalized spacial score (nSPS) is 43.7. The summed E-state index contributed by atoms with van der Waals surface area (Å²) in [6.07, 6.45) is 5.60. The smallest absolute Gasteiger partial charge is 0.0562 e. The minimum absolute atomic E-state index is 0.437. The quantitative estimate of drug-likeness (QED) is 0.686. The van der Waals surface area contributed by atoms with E-state index in [0.717, 1.165) is 11.8 Å². The van der Waals surface area contributed by atoms with Crippen LogP contribution in [0.2, 0.25) is 0 Å². The minimum atomic E-state index is 0.437. The second-order valence-electron chi connectivity index (χ2n) is 5.06. The van der Waals surface area contributed by atoms with Crippen LogP contribution in [0.4, 0.5) is 0 Å². The molecule has 0 radical (unpaired) electrons. The molecule has 2 heterocycles. The average molecular weight is 205 g/mol. The van der Waals surface area contributed by atoms with Crippen LogP contribution in [0.15, 0.2) is 11.4 Å². The predicted octanol–water partition coefficient (Wildman–Crippen LogP) is 2.52. The monoisotopic (exact) mass is 205 g/mol. The lowest BCUT2D eigenvalue weighted by atomic mass is 9.85. The van der Waals surface area contributed by atoms with Crippen LogP contribution >= 0.6 is 11.3 Å². The first-order valence-electron chi connectivity index (χ1n) is 5.72. The summed E-state index contributed by atoms with van der Waals surface area (Å²) in [7, 11) is 0. The summed E-state index contributed by atoms with van der Waals surface area (Å²) in [5.41, 5.74) is 2.08. The highest BCUT2D eigenvalue weighted by Crippen LogP contribution is 2.63. The number of thiophene rings is 1. The van der Waals surface area contributed by atoms with Crippen molar-refractivity contribution in [2.45, 2.75) is 31.2 Å². The van der Waals surface area contributed by atoms with Crippen molar-refractivity contribution in [3.05, 3.63) is 21.9 Å². The zero-order valence-electron chi connectivity index (χ0n) is 8.25. The maximum atomic E-state index is 3.84. The highest BCUT2D eigenvalue weighted by molar-refractivity contribution is 7.10. The van der Waals surface area contributed by atoms with Crippen LogP contribution in [0.25, 0.3) is 0 Å². The topological polar surface area (TPSA) is 12.0 Å². The number of hydrogen-bond acceptors (Lipinski definition) is 2. The molecular formula is C12H15NS. The van der Waals surface area contributed by atoms with E-state index in [1.165, 1.54) is 32.2 Å². The van der Waals surface area contributed by atoms with Gasteiger partial charge in [-0.2, -0.15) is 0 Å². The highest BCUT2D eigenvalue weighted by Gasteiger charge is 2.59. The Morgan fingerprint density at radius 1 is 1.50 bits per heavy atom. The van der Waals surface area contributed by atoms with Gasteiger partial charge >= 0.3 is 0 Å². The molecule has 3 atom stereocenters. The van der Waals surface area contributed by atoms with Gasteiger partial charge in [-0.05, 0) is 54.5 Å². The number of hydrogen-bond donors (Lipinski definition) is 1. The van der Waals surface area contributed by atoms with Crippen LogP contribution in [0, 0.1) is 11.8 Å². The van der Waals surface area contributed by atoms with Crippen molar-refractivity contribution < 1.29 is 0 Å². The summed E-state index contributed by atoms with van der Waals surface area (Å²) in [4.78, 5) is 1.69. The highest BCUT2D eigenvalue weighted by atomic mass is 32.1. The first kappa shape index (κ1) is 7.89. The molecule has 1 aromatic heterocycles. The van der Waals surface area contributed by atoms with E-state index in [0.29, 0.717) is 5.54 Å². The van der Waals surface area contributed by atoms with Gasteiger partial charge in [-0.15, -0.1) is 11.3 Å². The zero-order chi connectivity index (χ0) is 9.17. The molecule has 2 aliphatic carbocycles. The fourth-order valence-corrected chi connectivity index (χ4v) is 4.92. The molecule has 1 aliphatic heterocycles. The van der Waals surface area contributed by atoms with Crippen molar-refractivity contribution in [2.75, 3.05) is 6.54 Å². The summed E-state index contributed by atoms with van der Waals surface area (Å²) < 4.78 is 0. The Morgan fingerprint density at radius 3 is 3.29 bits per heavy atom. The van der Waals surface area contributed by atoms with E-state index in [-0.39, 0.29) is 0 Å². The van der Waals surface area contributed by atoms with Gasteiger partial charge in [-0.1, -0.05) is 0 Å². The standard InChI is InChI=1S/C12H15NS/c1-4-12(10-7-9(1)10)11-8(2-5-13-12)3-6-14-11/h3,6,9-10,13H,1-2,4-5,7H2. The summed E-state index contributed by atoms with van der Waals surface area (Å²) in [6, 6.07) is 2.35. The largest absolute Gasteiger partial charge is 0.306 e. The van der Waals surface area contributed by atoms with Gasteiger partial charge in [0.25, 0.3) is 0 Å². The number of rotatable bonds is 0. The van der Waals surface area contributed by atoms with Gasteiger partial charge in [0.1, 0.15) is 0 Å². The van der Waals surface area contributed by atoms with Crippen molar-refractivity contribution in [1.29, 1.82) is 0 Å². The SMILES string of the molecule is c1cc2c(s1)C1(CCC3CC31)NCC2. The van der Waals surface area contributed by atoms with Gasteiger partial charge in [0.15, 0.2) is 0 Å². The molecule has 14 heavy (non-hydrogen) atoms. The number of fused-ring (bicyclic) bond motifs is 4. The zero-order valence-corrected chi connectivity index (χ0v) is 9.07. The lowest BCUT2D eigenvalue weighted by Gasteiger charge is -2.36. The molecule has 0 amide bonds. The van der Waals surface area contributed by atoms with E-state index in [1.54, 1.807) is 10.4 Å². The Balaban J connectivity index is 1.88. The Bertz CT molecular complexity index is 383. The van der Waals surface area contributed by atoms with Gasteiger partial charge in [0.05, 0.1) is 5.54 Å². The molecule has 0 aromatic carbocycles. The van der Waals surface area contributed by atoms with Crippen molar-refractivity contribution >= 4 is 11.3 Å². The Labute approximate surface area is 88.5 Å². The molecule has 0 saturated heterocycles. The van der Waals surface area contributed by atoms with Crippen LogP contribution in [-0.4, -0.2) is 6.54 Å². The van der Waals surface area contributed by atoms with E-state index in [9.17, 15) is 0 Å². The van der Waals surface area contributed by atoms with Crippen LogP contribution in [0.3, 0.4) is 0 Å². The van der Waals surface area contributed by atoms with Gasteiger partial charge in [0, 0.05) is 11.4 Å². The first-order valence-corrected chi connectivity index (χ1v) is 6.60. The third-order valence-electron chi connectivity index (χ3n) is 4.45. The summed E-state index contributed by atoms with van der Waals surface area (Å²) >= 11 is 1.99. The van der Waals surface area contributed by atoms with Gasteiger partial charge < -0.3 is 5.32 Å². The second kappa shape index (κ2) is 2.42. The summed E-state index contributed by atoms with van der Waals surface area (Å²) in [5.74, 6) is 2.05. The first-order chi connectivity index (χ1) is 6.90. The van der Waals surface area contributed by atoms with Gasteiger partial charge in [0.2, 0.25) is 0 Å². The molecule has 2 saturated carbocycles. The molecule has 1 nitrogen and oxygen atoms in total. The van der Waals surface area contributed by atoms with Gasteiger partial charge in [-0.25, -0.2) is 0 Å². The molecule has 1 N–H and O–H groups in total. The molecule has 1 spiro atoms. The van der Waals surface area contributed by atoms with Crippen LogP contribution in [0.1, 0.15) is 29.7 Å². The summed E-state index contributed by atoms with van der Waals surface area (Å²) in [6.45, 7) is 1.20. The maximum absolute atomic E-state index is 3.84.